The van der Waals surface area contributed by atoms with Crippen LogP contribution in [0.3, 0.4) is 0 Å². The molecule has 0 spiro atoms. The summed E-state index contributed by atoms with van der Waals surface area (Å²) in [5, 5.41) is 3.71. The van der Waals surface area contributed by atoms with Crippen LogP contribution < -0.4 is 10.1 Å². The standard InChI is InChI=1S/C50H56N8O6/c1-29(2)22-44(59)56-20-9-13-42(56)48-52-26-38(53-48)32-15-18-36-43(25-32)64-28-58-40-19-16-33(24-37(40)35(46(36)58)17-14-31-10-7-11-34(23-31)62-5)47-51-27-39(54-47)41-12-8-21-57(41)49(60)45(30(3)4)55-50(61)63-6/h7,10-11,16,19,23-27,29-30,41-42,45H,8-9,12-13,15,18,20-22,28H2,1-6H3,(H,51,54)(H,52,53)(H,55,61). The van der Waals surface area contributed by atoms with Crippen molar-refractivity contribution in [2.45, 2.75) is 97.5 Å². The Morgan fingerprint density at radius 1 is 0.938 bits per heavy atom. The topological polar surface area (TPSA) is 160 Å². The highest BCUT2D eigenvalue weighted by Crippen LogP contribution is 2.44. The number of likely N-dealkylation sites (tertiary alicyclic amines) is 2. The van der Waals surface area contributed by atoms with Crippen molar-refractivity contribution < 1.29 is 28.6 Å². The van der Waals surface area contributed by atoms with Crippen molar-refractivity contribution in [1.82, 2.24) is 39.6 Å². The number of carbonyl (C=O) groups is 3. The lowest BCUT2D eigenvalue weighted by molar-refractivity contribution is -0.135. The second-order valence-corrected chi connectivity index (χ2v) is 17.9. The highest BCUT2D eigenvalue weighted by atomic mass is 16.5. The number of benzene rings is 2. The van der Waals surface area contributed by atoms with Crippen molar-refractivity contribution in [3.8, 4) is 29.0 Å². The summed E-state index contributed by atoms with van der Waals surface area (Å²) >= 11 is 0. The molecular formula is C50H56N8O6. The number of hydrogen-bond donors (Lipinski definition) is 3. The number of hydrogen-bond acceptors (Lipinski definition) is 8. The van der Waals surface area contributed by atoms with Crippen molar-refractivity contribution in [1.29, 1.82) is 0 Å². The summed E-state index contributed by atoms with van der Waals surface area (Å²) in [4.78, 5) is 59.7. The number of fused-ring (bicyclic) bond motifs is 4. The molecule has 3 atom stereocenters. The van der Waals surface area contributed by atoms with Crippen LogP contribution in [-0.2, 0) is 25.8 Å². The van der Waals surface area contributed by atoms with Crippen LogP contribution in [0.5, 0.6) is 5.75 Å². The summed E-state index contributed by atoms with van der Waals surface area (Å²) in [5.41, 5.74) is 8.66. The monoisotopic (exact) mass is 864 g/mol. The molecule has 0 saturated carbocycles. The van der Waals surface area contributed by atoms with Crippen LogP contribution >= 0.6 is 0 Å². The van der Waals surface area contributed by atoms with E-state index in [2.05, 4.69) is 69.8 Å². The van der Waals surface area contributed by atoms with Gasteiger partial charge in [0.05, 0.1) is 66.9 Å². The minimum Gasteiger partial charge on any atom is -0.497 e. The number of methoxy groups -OCH3 is 2. The molecule has 9 rings (SSSR count). The number of nitrogens with one attached hydrogen (secondary N) is 3. The Morgan fingerprint density at radius 3 is 2.53 bits per heavy atom. The summed E-state index contributed by atoms with van der Waals surface area (Å²) in [6, 6.07) is 13.1. The predicted molar refractivity (Wildman–Crippen MR) is 243 cm³/mol. The fraction of sp³-hybridized carbons (Fsp3) is 0.420. The predicted octanol–water partition coefficient (Wildman–Crippen LogP) is 8.49. The van der Waals surface area contributed by atoms with Gasteiger partial charge in [-0.2, -0.15) is 0 Å². The number of carbonyl (C=O) groups excluding carboxylic acids is 3. The maximum absolute atomic E-state index is 13.8. The zero-order chi connectivity index (χ0) is 44.6. The Labute approximate surface area is 373 Å². The molecule has 2 fully saturated rings. The van der Waals surface area contributed by atoms with Gasteiger partial charge >= 0.3 is 6.09 Å². The van der Waals surface area contributed by atoms with Gasteiger partial charge in [-0.3, -0.25) is 9.59 Å². The van der Waals surface area contributed by atoms with E-state index in [1.54, 1.807) is 7.11 Å². The number of imidazole rings is 2. The third-order valence-electron chi connectivity index (χ3n) is 12.9. The summed E-state index contributed by atoms with van der Waals surface area (Å²) in [6.07, 6.45) is 10.8. The first-order valence-corrected chi connectivity index (χ1v) is 22.4. The molecule has 0 radical (unpaired) electrons. The number of aromatic amines is 2. The van der Waals surface area contributed by atoms with Crippen molar-refractivity contribution in [3.63, 3.8) is 0 Å². The molecule has 3 unspecified atom stereocenters. The molecule has 64 heavy (non-hydrogen) atoms. The first-order chi connectivity index (χ1) is 31.0. The molecule has 3 aliphatic heterocycles. The lowest BCUT2D eigenvalue weighted by Crippen LogP contribution is -2.51. The van der Waals surface area contributed by atoms with Gasteiger partial charge in [-0.25, -0.2) is 14.8 Å². The molecule has 3 amide bonds. The number of ether oxygens (including phenoxy) is 3. The molecule has 332 valence electrons. The van der Waals surface area contributed by atoms with Crippen molar-refractivity contribution >= 4 is 40.0 Å². The molecule has 1 aliphatic carbocycles. The zero-order valence-electron chi connectivity index (χ0n) is 37.4. The van der Waals surface area contributed by atoms with E-state index >= 15 is 0 Å². The third kappa shape index (κ3) is 8.15. The molecule has 6 heterocycles. The Balaban J connectivity index is 1.05. The highest BCUT2D eigenvalue weighted by Gasteiger charge is 2.38. The first kappa shape index (κ1) is 42.5. The van der Waals surface area contributed by atoms with Gasteiger partial charge in [-0.1, -0.05) is 45.6 Å². The van der Waals surface area contributed by atoms with Crippen LogP contribution in [0.1, 0.15) is 119 Å². The van der Waals surface area contributed by atoms with Crippen molar-refractivity contribution in [2.75, 3.05) is 27.3 Å². The molecule has 14 nitrogen and oxygen atoms in total. The second-order valence-electron chi connectivity index (χ2n) is 17.9. The summed E-state index contributed by atoms with van der Waals surface area (Å²) < 4.78 is 19.1. The second kappa shape index (κ2) is 17.8. The fourth-order valence-corrected chi connectivity index (χ4v) is 9.69. The van der Waals surface area contributed by atoms with E-state index in [1.165, 1.54) is 7.11 Å². The SMILES string of the molecule is COC(=O)NC(C(=O)N1CCCC1c1cnc(-c2ccc3c(c2)c(C#Cc2cccc(OC)c2)c2n3COC3=C2CCC(c2cnc(C4CCCN4C(=O)CC(C)C)[nH]2)=C3)[nH]1)C(C)C. The number of amides is 3. The van der Waals surface area contributed by atoms with E-state index in [9.17, 15) is 14.4 Å². The van der Waals surface area contributed by atoms with E-state index in [0.29, 0.717) is 31.4 Å². The molecule has 0 bridgehead atoms. The van der Waals surface area contributed by atoms with Crippen LogP contribution in [0.4, 0.5) is 4.79 Å². The van der Waals surface area contributed by atoms with Gasteiger partial charge in [0.2, 0.25) is 11.8 Å². The number of allylic oxidation sites excluding steroid dienone is 3. The van der Waals surface area contributed by atoms with Crippen LogP contribution in [0.25, 0.3) is 33.4 Å². The number of rotatable bonds is 10. The zero-order valence-corrected chi connectivity index (χ0v) is 37.4. The minimum absolute atomic E-state index is 0.0371. The third-order valence-corrected chi connectivity index (χ3v) is 12.9. The first-order valence-electron chi connectivity index (χ1n) is 22.4. The molecule has 3 aromatic heterocycles. The van der Waals surface area contributed by atoms with E-state index < -0.39 is 12.1 Å². The Bertz CT molecular complexity index is 2740. The largest absolute Gasteiger partial charge is 0.497 e. The van der Waals surface area contributed by atoms with Gasteiger partial charge in [-0.05, 0) is 98.4 Å². The average Bonchev–Trinajstić information content (AvgIpc) is 4.16. The van der Waals surface area contributed by atoms with Crippen LogP contribution in [-0.4, -0.2) is 85.6 Å². The maximum Gasteiger partial charge on any atom is 0.407 e. The molecular weight excluding hydrogens is 809 g/mol. The molecule has 5 aromatic rings. The van der Waals surface area contributed by atoms with E-state index in [4.69, 9.17) is 24.2 Å². The average molecular weight is 865 g/mol. The van der Waals surface area contributed by atoms with Gasteiger partial charge in [0, 0.05) is 41.6 Å². The lowest BCUT2D eigenvalue weighted by Gasteiger charge is -2.30. The number of H-pyrrole nitrogens is 2. The van der Waals surface area contributed by atoms with Crippen LogP contribution in [0.15, 0.2) is 66.7 Å². The molecule has 4 aliphatic rings. The van der Waals surface area contributed by atoms with Gasteiger partial charge in [0.1, 0.15) is 29.2 Å². The van der Waals surface area contributed by atoms with E-state index in [-0.39, 0.29) is 29.8 Å². The van der Waals surface area contributed by atoms with Crippen molar-refractivity contribution in [3.05, 3.63) is 101 Å². The quantitative estimate of drug-likeness (QED) is 0.118. The Hall–Kier alpha value is -6.75. The van der Waals surface area contributed by atoms with Crippen LogP contribution in [0.2, 0.25) is 0 Å². The number of alkyl carbamates (subject to hydrolysis) is 1. The highest BCUT2D eigenvalue weighted by molar-refractivity contribution is 5.97. The summed E-state index contributed by atoms with van der Waals surface area (Å²) in [7, 11) is 2.95. The smallest absolute Gasteiger partial charge is 0.407 e. The molecule has 14 heteroatoms. The number of aromatic nitrogens is 5. The summed E-state index contributed by atoms with van der Waals surface area (Å²) in [5.74, 6) is 10.3. The van der Waals surface area contributed by atoms with Crippen molar-refractivity contribution in [2.24, 2.45) is 11.8 Å². The Morgan fingerprint density at radius 2 is 1.75 bits per heavy atom. The maximum atomic E-state index is 13.8. The molecule has 3 N–H and O–H groups in total. The lowest BCUT2D eigenvalue weighted by atomic mass is 9.91. The summed E-state index contributed by atoms with van der Waals surface area (Å²) in [6.45, 7) is 9.65. The number of nitrogens with zero attached hydrogens (tertiary/aromatic N) is 5. The minimum atomic E-state index is -0.709. The van der Waals surface area contributed by atoms with Crippen LogP contribution in [0, 0.1) is 23.7 Å². The van der Waals surface area contributed by atoms with E-state index in [0.717, 1.165) is 118 Å². The normalized spacial score (nSPS) is 18.7. The van der Waals surface area contributed by atoms with E-state index in [1.807, 2.05) is 60.3 Å². The molecule has 2 aromatic carbocycles. The Kier molecular flexibility index (Phi) is 11.8. The van der Waals surface area contributed by atoms with Gasteiger partial charge in [0.25, 0.3) is 0 Å². The van der Waals surface area contributed by atoms with Gasteiger partial charge < -0.3 is 43.9 Å². The molecule has 2 saturated heterocycles. The van der Waals surface area contributed by atoms with Gasteiger partial charge in [0.15, 0.2) is 6.73 Å². The fourth-order valence-electron chi connectivity index (χ4n) is 9.69. The van der Waals surface area contributed by atoms with Gasteiger partial charge in [-0.15, -0.1) is 0 Å².